The van der Waals surface area contributed by atoms with Crippen molar-refractivity contribution in [1.82, 2.24) is 5.32 Å². The number of nitriles is 1. The first-order valence-electron chi connectivity index (χ1n) is 11.3. The number of ether oxygens (including phenoxy) is 2. The average Bonchev–Trinajstić information content (AvgIpc) is 3.18. The molecule has 1 N–H and O–H groups in total. The maximum absolute atomic E-state index is 12.4. The highest BCUT2D eigenvalue weighted by molar-refractivity contribution is 5.68. The topological polar surface area (TPSA) is 57.5 Å². The zero-order valence-corrected chi connectivity index (χ0v) is 19.0. The molecule has 5 nitrogen and oxygen atoms in total. The summed E-state index contributed by atoms with van der Waals surface area (Å²) in [5.74, 6) is 0.354. The molecule has 0 aromatic heterocycles. The fourth-order valence-corrected chi connectivity index (χ4v) is 4.13. The second-order valence-corrected chi connectivity index (χ2v) is 8.26. The van der Waals surface area contributed by atoms with Gasteiger partial charge in [0.2, 0.25) is 0 Å². The molecule has 1 heterocycles. The summed E-state index contributed by atoms with van der Waals surface area (Å²) in [5.41, 5.74) is 4.18. The molecule has 1 aliphatic heterocycles. The first-order valence-corrected chi connectivity index (χ1v) is 11.3. The van der Waals surface area contributed by atoms with Crippen LogP contribution in [0.4, 0.5) is 18.9 Å². The lowest BCUT2D eigenvalue weighted by molar-refractivity contribution is -0.153. The van der Waals surface area contributed by atoms with E-state index in [4.69, 9.17) is 9.47 Å². The second kappa shape index (κ2) is 11.3. The van der Waals surface area contributed by atoms with Gasteiger partial charge in [-0.05, 0) is 55.5 Å². The Morgan fingerprint density at radius 2 is 1.91 bits per heavy atom. The standard InChI is InChI=1S/C25H30F3N3O2/c1-3-10-31-11-8-20-14-19(15-21(16-29)24(20)31)13-18(2)30-9-12-32-22-6-4-5-7-23(22)33-17-25(26,27)28/h4-7,14-15,18,30H,3,8-13,17H2,1-2H3/t18-/m1/s1. The normalized spacial score (nSPS) is 14.0. The van der Waals surface area contributed by atoms with Crippen molar-refractivity contribution in [3.63, 3.8) is 0 Å². The Kier molecular flexibility index (Phi) is 8.45. The summed E-state index contributed by atoms with van der Waals surface area (Å²) in [6.45, 7) is 5.58. The van der Waals surface area contributed by atoms with Crippen molar-refractivity contribution < 1.29 is 22.6 Å². The lowest BCUT2D eigenvalue weighted by Gasteiger charge is -2.20. The molecule has 33 heavy (non-hydrogen) atoms. The molecule has 3 rings (SSSR count). The first kappa shape index (κ1) is 24.7. The number of alkyl halides is 3. The van der Waals surface area contributed by atoms with Crippen molar-refractivity contribution >= 4 is 5.69 Å². The van der Waals surface area contributed by atoms with Gasteiger partial charge >= 0.3 is 6.18 Å². The molecule has 0 fully saturated rings. The van der Waals surface area contributed by atoms with E-state index in [-0.39, 0.29) is 24.1 Å². The minimum absolute atomic E-state index is 0.0714. The third-order valence-corrected chi connectivity index (χ3v) is 5.46. The molecule has 1 aliphatic rings. The highest BCUT2D eigenvalue weighted by atomic mass is 19.4. The molecule has 178 valence electrons. The molecule has 0 amide bonds. The Balaban J connectivity index is 1.50. The predicted molar refractivity (Wildman–Crippen MR) is 122 cm³/mol. The number of hydrogen-bond acceptors (Lipinski definition) is 5. The third-order valence-electron chi connectivity index (χ3n) is 5.46. The van der Waals surface area contributed by atoms with Gasteiger partial charge in [-0.1, -0.05) is 25.1 Å². The van der Waals surface area contributed by atoms with Gasteiger partial charge in [0.15, 0.2) is 18.1 Å². The molecule has 0 spiro atoms. The SMILES string of the molecule is CCCN1CCc2cc(C[C@@H](C)NCCOc3ccccc3OCC(F)(F)F)cc(C#N)c21. The Hall–Kier alpha value is -2.92. The van der Waals surface area contributed by atoms with Gasteiger partial charge in [0, 0.05) is 25.7 Å². The van der Waals surface area contributed by atoms with Gasteiger partial charge in [0.25, 0.3) is 0 Å². The third kappa shape index (κ3) is 7.03. The Bertz CT molecular complexity index is 972. The van der Waals surface area contributed by atoms with Gasteiger partial charge in [0.1, 0.15) is 12.7 Å². The van der Waals surface area contributed by atoms with Crippen LogP contribution >= 0.6 is 0 Å². The average molecular weight is 462 g/mol. The smallest absolute Gasteiger partial charge is 0.422 e. The van der Waals surface area contributed by atoms with Crippen molar-refractivity contribution in [2.45, 2.75) is 45.3 Å². The zero-order chi connectivity index (χ0) is 23.8. The molecule has 0 bridgehead atoms. The van der Waals surface area contributed by atoms with Crippen LogP contribution in [0.3, 0.4) is 0 Å². The Morgan fingerprint density at radius 3 is 2.58 bits per heavy atom. The minimum atomic E-state index is -4.40. The maximum atomic E-state index is 12.4. The van der Waals surface area contributed by atoms with Gasteiger partial charge in [-0.25, -0.2) is 0 Å². The van der Waals surface area contributed by atoms with Crippen molar-refractivity contribution in [2.75, 3.05) is 37.7 Å². The van der Waals surface area contributed by atoms with Crippen LogP contribution in [0.1, 0.15) is 37.0 Å². The summed E-state index contributed by atoms with van der Waals surface area (Å²) in [5, 5.41) is 13.0. The van der Waals surface area contributed by atoms with E-state index in [0.29, 0.717) is 6.54 Å². The van der Waals surface area contributed by atoms with E-state index in [0.717, 1.165) is 49.2 Å². The predicted octanol–water partition coefficient (Wildman–Crippen LogP) is 4.87. The second-order valence-electron chi connectivity index (χ2n) is 8.26. The summed E-state index contributed by atoms with van der Waals surface area (Å²) in [7, 11) is 0. The molecule has 0 saturated heterocycles. The molecular weight excluding hydrogens is 431 g/mol. The van der Waals surface area contributed by atoms with Crippen LogP contribution in [0.25, 0.3) is 0 Å². The number of halogens is 3. The highest BCUT2D eigenvalue weighted by Gasteiger charge is 2.29. The molecular formula is C25H30F3N3O2. The van der Waals surface area contributed by atoms with E-state index >= 15 is 0 Å². The van der Waals surface area contributed by atoms with Crippen molar-refractivity contribution in [1.29, 1.82) is 5.26 Å². The number of fused-ring (bicyclic) bond motifs is 1. The fourth-order valence-electron chi connectivity index (χ4n) is 4.13. The van der Waals surface area contributed by atoms with Gasteiger partial charge in [-0.3, -0.25) is 0 Å². The number of rotatable bonds is 11. The van der Waals surface area contributed by atoms with Crippen LogP contribution in [0, 0.1) is 11.3 Å². The van der Waals surface area contributed by atoms with Crippen LogP contribution < -0.4 is 19.7 Å². The highest BCUT2D eigenvalue weighted by Crippen LogP contribution is 2.33. The van der Waals surface area contributed by atoms with Gasteiger partial charge < -0.3 is 19.7 Å². The lowest BCUT2D eigenvalue weighted by Crippen LogP contribution is -2.32. The number of para-hydroxylation sites is 2. The van der Waals surface area contributed by atoms with E-state index in [1.807, 2.05) is 6.07 Å². The van der Waals surface area contributed by atoms with Gasteiger partial charge in [-0.2, -0.15) is 18.4 Å². The monoisotopic (exact) mass is 461 g/mol. The molecule has 2 aromatic carbocycles. The van der Waals surface area contributed by atoms with Crippen molar-refractivity contribution in [3.8, 4) is 17.6 Å². The van der Waals surface area contributed by atoms with Crippen LogP contribution in [-0.2, 0) is 12.8 Å². The number of anilines is 1. The molecule has 1 atom stereocenters. The maximum Gasteiger partial charge on any atom is 0.422 e. The summed E-state index contributed by atoms with van der Waals surface area (Å²) in [4.78, 5) is 2.30. The lowest BCUT2D eigenvalue weighted by atomic mass is 9.99. The number of nitrogens with one attached hydrogen (secondary N) is 1. The summed E-state index contributed by atoms with van der Waals surface area (Å²) in [6, 6.07) is 13.0. The Labute approximate surface area is 193 Å². The van der Waals surface area contributed by atoms with Crippen molar-refractivity contribution in [2.24, 2.45) is 0 Å². The molecule has 8 heteroatoms. The molecule has 2 aromatic rings. The van der Waals surface area contributed by atoms with E-state index in [1.165, 1.54) is 11.6 Å². The summed E-state index contributed by atoms with van der Waals surface area (Å²) < 4.78 is 47.7. The minimum Gasteiger partial charge on any atom is -0.488 e. The molecule has 0 saturated carbocycles. The van der Waals surface area contributed by atoms with E-state index in [9.17, 15) is 18.4 Å². The summed E-state index contributed by atoms with van der Waals surface area (Å²) in [6.07, 6.45) is -1.63. The Morgan fingerprint density at radius 1 is 1.18 bits per heavy atom. The number of benzene rings is 2. The van der Waals surface area contributed by atoms with Crippen LogP contribution in [0.15, 0.2) is 36.4 Å². The summed E-state index contributed by atoms with van der Waals surface area (Å²) >= 11 is 0. The number of nitrogens with zero attached hydrogens (tertiary/aromatic N) is 2. The number of hydrogen-bond donors (Lipinski definition) is 1. The quantitative estimate of drug-likeness (QED) is 0.484. The van der Waals surface area contributed by atoms with E-state index in [1.54, 1.807) is 18.2 Å². The fraction of sp³-hybridized carbons (Fsp3) is 0.480. The van der Waals surface area contributed by atoms with Crippen LogP contribution in [0.2, 0.25) is 0 Å². The van der Waals surface area contributed by atoms with Crippen LogP contribution in [0.5, 0.6) is 11.5 Å². The van der Waals surface area contributed by atoms with E-state index < -0.39 is 12.8 Å². The molecule has 0 aliphatic carbocycles. The van der Waals surface area contributed by atoms with Gasteiger partial charge in [-0.15, -0.1) is 0 Å². The van der Waals surface area contributed by atoms with Gasteiger partial charge in [0.05, 0.1) is 11.3 Å². The van der Waals surface area contributed by atoms with E-state index in [2.05, 4.69) is 36.2 Å². The largest absolute Gasteiger partial charge is 0.488 e. The first-order chi connectivity index (χ1) is 15.8. The van der Waals surface area contributed by atoms with Crippen molar-refractivity contribution in [3.05, 3.63) is 53.1 Å². The molecule has 0 radical (unpaired) electrons. The molecule has 0 unspecified atom stereocenters. The zero-order valence-electron chi connectivity index (χ0n) is 19.0. The van der Waals surface area contributed by atoms with Crippen LogP contribution in [-0.4, -0.2) is 45.1 Å².